The summed E-state index contributed by atoms with van der Waals surface area (Å²) in [7, 11) is 0. The van der Waals surface area contributed by atoms with Crippen LogP contribution in [-0.4, -0.2) is 15.9 Å². The first-order valence-corrected chi connectivity index (χ1v) is 7.26. The van der Waals surface area contributed by atoms with Gasteiger partial charge in [-0.1, -0.05) is 12.1 Å². The third kappa shape index (κ3) is 3.24. The minimum atomic E-state index is -4.41. The second-order valence-electron chi connectivity index (χ2n) is 5.45. The van der Waals surface area contributed by atoms with Gasteiger partial charge in [0.25, 0.3) is 5.91 Å². The van der Waals surface area contributed by atoms with Gasteiger partial charge in [-0.15, -0.1) is 0 Å². The molecule has 0 aliphatic carbocycles. The summed E-state index contributed by atoms with van der Waals surface area (Å²) in [5.41, 5.74) is 1.51. The molecule has 1 atom stereocenters. The van der Waals surface area contributed by atoms with Crippen LogP contribution >= 0.6 is 0 Å². The lowest BCUT2D eigenvalue weighted by molar-refractivity contribution is -0.137. The molecular formula is C17H14F3N3O. The van der Waals surface area contributed by atoms with Gasteiger partial charge in [0.2, 0.25) is 0 Å². The normalized spacial score (nSPS) is 13.0. The van der Waals surface area contributed by atoms with E-state index < -0.39 is 17.8 Å². The van der Waals surface area contributed by atoms with Crippen molar-refractivity contribution in [2.24, 2.45) is 0 Å². The Kier molecular flexibility index (Phi) is 4.01. The minimum absolute atomic E-state index is 0.364. The third-order valence-corrected chi connectivity index (χ3v) is 3.74. The molecule has 2 aromatic carbocycles. The van der Waals surface area contributed by atoms with Gasteiger partial charge in [-0.3, -0.25) is 4.79 Å². The van der Waals surface area contributed by atoms with Gasteiger partial charge in [0.05, 0.1) is 29.0 Å². The molecule has 0 radical (unpaired) electrons. The Morgan fingerprint density at radius 2 is 2.00 bits per heavy atom. The number of amides is 1. The molecule has 1 unspecified atom stereocenters. The maximum absolute atomic E-state index is 12.8. The lowest BCUT2D eigenvalue weighted by Gasteiger charge is -2.16. The maximum atomic E-state index is 12.8. The molecule has 1 aromatic heterocycles. The Balaban J connectivity index is 1.78. The summed E-state index contributed by atoms with van der Waals surface area (Å²) in [5, 5.41) is 2.71. The van der Waals surface area contributed by atoms with Crippen LogP contribution in [0, 0.1) is 0 Å². The number of H-pyrrole nitrogens is 1. The molecule has 2 N–H and O–H groups in total. The topological polar surface area (TPSA) is 57.8 Å². The molecule has 3 aromatic rings. The van der Waals surface area contributed by atoms with Crippen LogP contribution < -0.4 is 5.32 Å². The molecule has 0 saturated heterocycles. The fourth-order valence-corrected chi connectivity index (χ4v) is 2.42. The summed E-state index contributed by atoms with van der Waals surface area (Å²) in [6.45, 7) is 1.64. The highest BCUT2D eigenvalue weighted by atomic mass is 19.4. The van der Waals surface area contributed by atoms with Gasteiger partial charge in [-0.05, 0) is 42.8 Å². The molecule has 3 rings (SSSR count). The predicted octanol–water partition coefficient (Wildman–Crippen LogP) is 4.07. The molecule has 24 heavy (non-hydrogen) atoms. The number of aromatic amines is 1. The molecule has 1 amide bonds. The SMILES string of the molecule is CC(NC(=O)c1ccc2nc[nH]c2c1)c1cccc(C(F)(F)F)c1. The van der Waals surface area contributed by atoms with Crippen molar-refractivity contribution in [1.29, 1.82) is 0 Å². The second kappa shape index (κ2) is 5.99. The quantitative estimate of drug-likeness (QED) is 0.759. The van der Waals surface area contributed by atoms with Gasteiger partial charge in [0.1, 0.15) is 0 Å². The molecule has 124 valence electrons. The first kappa shape index (κ1) is 16.0. The fraction of sp³-hybridized carbons (Fsp3) is 0.176. The third-order valence-electron chi connectivity index (χ3n) is 3.74. The molecule has 4 nitrogen and oxygen atoms in total. The van der Waals surface area contributed by atoms with E-state index in [-0.39, 0.29) is 5.91 Å². The average Bonchev–Trinajstić information content (AvgIpc) is 3.01. The zero-order valence-electron chi connectivity index (χ0n) is 12.7. The average molecular weight is 333 g/mol. The number of aromatic nitrogens is 2. The zero-order chi connectivity index (χ0) is 17.3. The summed E-state index contributed by atoms with van der Waals surface area (Å²) in [6, 6.07) is 9.35. The summed E-state index contributed by atoms with van der Waals surface area (Å²) in [4.78, 5) is 19.3. The smallest absolute Gasteiger partial charge is 0.346 e. The predicted molar refractivity (Wildman–Crippen MR) is 83.4 cm³/mol. The number of nitrogens with zero attached hydrogens (tertiary/aromatic N) is 1. The number of nitrogens with one attached hydrogen (secondary N) is 2. The molecular weight excluding hydrogens is 319 g/mol. The number of rotatable bonds is 3. The van der Waals surface area contributed by atoms with Crippen LogP contribution in [0.1, 0.15) is 34.5 Å². The standard InChI is InChI=1S/C17H14F3N3O/c1-10(11-3-2-4-13(7-11)17(18,19)20)23-16(24)12-5-6-14-15(8-12)22-9-21-14/h2-10H,1H3,(H,21,22)(H,23,24). The lowest BCUT2D eigenvalue weighted by atomic mass is 10.0. The van der Waals surface area contributed by atoms with Gasteiger partial charge in [0.15, 0.2) is 0 Å². The zero-order valence-corrected chi connectivity index (χ0v) is 12.7. The molecule has 1 heterocycles. The van der Waals surface area contributed by atoms with E-state index in [0.29, 0.717) is 11.1 Å². The van der Waals surface area contributed by atoms with E-state index in [2.05, 4.69) is 15.3 Å². The van der Waals surface area contributed by atoms with Crippen molar-refractivity contribution in [3.05, 3.63) is 65.5 Å². The number of hydrogen-bond acceptors (Lipinski definition) is 2. The summed E-state index contributed by atoms with van der Waals surface area (Å²) in [5.74, 6) is -0.364. The van der Waals surface area contributed by atoms with Crippen molar-refractivity contribution in [2.45, 2.75) is 19.1 Å². The van der Waals surface area contributed by atoms with Gasteiger partial charge >= 0.3 is 6.18 Å². The van der Waals surface area contributed by atoms with E-state index in [1.807, 2.05) is 0 Å². The number of fused-ring (bicyclic) bond motifs is 1. The Bertz CT molecular complexity index is 886. The highest BCUT2D eigenvalue weighted by Crippen LogP contribution is 2.30. The van der Waals surface area contributed by atoms with Gasteiger partial charge < -0.3 is 10.3 Å². The molecule has 0 bridgehead atoms. The number of hydrogen-bond donors (Lipinski definition) is 2. The van der Waals surface area contributed by atoms with Crippen LogP contribution in [0.4, 0.5) is 13.2 Å². The fourth-order valence-electron chi connectivity index (χ4n) is 2.42. The van der Waals surface area contributed by atoms with Crippen molar-refractivity contribution in [3.8, 4) is 0 Å². The molecule has 0 saturated carbocycles. The number of carbonyl (C=O) groups excluding carboxylic acids is 1. The number of carbonyl (C=O) groups is 1. The van der Waals surface area contributed by atoms with E-state index >= 15 is 0 Å². The Labute approximate surface area is 135 Å². The van der Waals surface area contributed by atoms with Crippen molar-refractivity contribution >= 4 is 16.9 Å². The number of halogens is 3. The second-order valence-corrected chi connectivity index (χ2v) is 5.45. The minimum Gasteiger partial charge on any atom is -0.346 e. The van der Waals surface area contributed by atoms with Gasteiger partial charge in [0, 0.05) is 5.56 Å². The van der Waals surface area contributed by atoms with Crippen LogP contribution in [0.3, 0.4) is 0 Å². The van der Waals surface area contributed by atoms with Crippen LogP contribution in [0.5, 0.6) is 0 Å². The number of benzene rings is 2. The molecule has 0 aliphatic heterocycles. The summed E-state index contributed by atoms with van der Waals surface area (Å²) < 4.78 is 38.3. The van der Waals surface area contributed by atoms with E-state index in [9.17, 15) is 18.0 Å². The Morgan fingerprint density at radius 3 is 2.75 bits per heavy atom. The van der Waals surface area contributed by atoms with Gasteiger partial charge in [-0.25, -0.2) is 4.98 Å². The first-order valence-electron chi connectivity index (χ1n) is 7.26. The molecule has 0 fully saturated rings. The van der Waals surface area contributed by atoms with Crippen molar-refractivity contribution < 1.29 is 18.0 Å². The highest BCUT2D eigenvalue weighted by Gasteiger charge is 2.30. The van der Waals surface area contributed by atoms with Crippen molar-refractivity contribution in [1.82, 2.24) is 15.3 Å². The molecule has 7 heteroatoms. The van der Waals surface area contributed by atoms with E-state index in [0.717, 1.165) is 23.2 Å². The van der Waals surface area contributed by atoms with Crippen molar-refractivity contribution in [3.63, 3.8) is 0 Å². The van der Waals surface area contributed by atoms with Crippen LogP contribution in [0.2, 0.25) is 0 Å². The highest BCUT2D eigenvalue weighted by molar-refractivity contribution is 5.97. The molecule has 0 spiro atoms. The maximum Gasteiger partial charge on any atom is 0.416 e. The van der Waals surface area contributed by atoms with Crippen molar-refractivity contribution in [2.75, 3.05) is 0 Å². The van der Waals surface area contributed by atoms with E-state index in [1.165, 1.54) is 12.4 Å². The molecule has 0 aliphatic rings. The summed E-state index contributed by atoms with van der Waals surface area (Å²) in [6.07, 6.45) is -2.89. The van der Waals surface area contributed by atoms with Crippen LogP contribution in [0.15, 0.2) is 48.8 Å². The van der Waals surface area contributed by atoms with E-state index in [1.54, 1.807) is 31.2 Å². The summed E-state index contributed by atoms with van der Waals surface area (Å²) >= 11 is 0. The Morgan fingerprint density at radius 1 is 1.21 bits per heavy atom. The number of alkyl halides is 3. The largest absolute Gasteiger partial charge is 0.416 e. The Hall–Kier alpha value is -2.83. The van der Waals surface area contributed by atoms with Crippen LogP contribution in [0.25, 0.3) is 11.0 Å². The van der Waals surface area contributed by atoms with Crippen LogP contribution in [-0.2, 0) is 6.18 Å². The first-order chi connectivity index (χ1) is 11.3. The van der Waals surface area contributed by atoms with Gasteiger partial charge in [-0.2, -0.15) is 13.2 Å². The monoisotopic (exact) mass is 333 g/mol. The van der Waals surface area contributed by atoms with E-state index in [4.69, 9.17) is 0 Å². The lowest BCUT2D eigenvalue weighted by Crippen LogP contribution is -2.26. The number of imidazole rings is 1.